The zero-order valence-electron chi connectivity index (χ0n) is 10.6. The Labute approximate surface area is 106 Å². The van der Waals surface area contributed by atoms with Crippen LogP contribution < -0.4 is 10.5 Å². The average Bonchev–Trinajstić information content (AvgIpc) is 2.30. The van der Waals surface area contributed by atoms with Gasteiger partial charge in [-0.1, -0.05) is 12.1 Å². The maximum absolute atomic E-state index is 11.0. The second-order valence-corrected chi connectivity index (χ2v) is 4.16. The molecule has 0 fully saturated rings. The van der Waals surface area contributed by atoms with E-state index in [1.54, 1.807) is 0 Å². The van der Waals surface area contributed by atoms with Crippen LogP contribution in [0.15, 0.2) is 24.3 Å². The van der Waals surface area contributed by atoms with E-state index < -0.39 is 0 Å². The minimum atomic E-state index is -0.379. The maximum Gasteiger partial charge on any atom is 0.223 e. The number of para-hydroxylation sites is 1. The Kier molecular flexibility index (Phi) is 3.46. The van der Waals surface area contributed by atoms with E-state index in [1.807, 2.05) is 38.1 Å². The summed E-state index contributed by atoms with van der Waals surface area (Å²) in [5.74, 6) is 0.361. The van der Waals surface area contributed by atoms with E-state index in [2.05, 4.69) is 4.98 Å². The number of aryl methyl sites for hydroxylation is 1. The lowest BCUT2D eigenvalue weighted by Gasteiger charge is -2.10. The van der Waals surface area contributed by atoms with Gasteiger partial charge < -0.3 is 10.5 Å². The molecule has 0 aliphatic rings. The quantitative estimate of drug-likeness (QED) is 0.894. The first-order valence-corrected chi connectivity index (χ1v) is 5.92. The third-order valence-corrected chi connectivity index (χ3v) is 2.72. The molecule has 0 bridgehead atoms. The molecule has 1 amide bonds. The van der Waals surface area contributed by atoms with Crippen molar-refractivity contribution in [3.63, 3.8) is 0 Å². The van der Waals surface area contributed by atoms with Crippen LogP contribution in [0, 0.1) is 6.92 Å². The van der Waals surface area contributed by atoms with Gasteiger partial charge in [0.1, 0.15) is 11.3 Å². The summed E-state index contributed by atoms with van der Waals surface area (Å²) in [6.45, 7) is 4.50. The van der Waals surface area contributed by atoms with Gasteiger partial charge in [-0.3, -0.25) is 4.79 Å². The highest BCUT2D eigenvalue weighted by molar-refractivity contribution is 5.88. The third kappa shape index (κ3) is 2.42. The highest BCUT2D eigenvalue weighted by Gasteiger charge is 2.09. The van der Waals surface area contributed by atoms with Crippen LogP contribution in [0.3, 0.4) is 0 Å². The number of ether oxygens (including phenoxy) is 1. The number of carbonyl (C=O) groups is 1. The van der Waals surface area contributed by atoms with Crippen molar-refractivity contribution in [2.75, 3.05) is 6.61 Å². The number of primary amides is 1. The zero-order valence-corrected chi connectivity index (χ0v) is 10.6. The minimum absolute atomic E-state index is 0.150. The normalized spacial score (nSPS) is 10.6. The number of benzene rings is 1. The molecule has 1 aromatic carbocycles. The van der Waals surface area contributed by atoms with E-state index in [-0.39, 0.29) is 12.3 Å². The van der Waals surface area contributed by atoms with Crippen LogP contribution in [0.1, 0.15) is 18.2 Å². The summed E-state index contributed by atoms with van der Waals surface area (Å²) in [4.78, 5) is 15.4. The van der Waals surface area contributed by atoms with Crippen molar-refractivity contribution < 1.29 is 9.53 Å². The summed E-state index contributed by atoms with van der Waals surface area (Å²) in [6, 6.07) is 7.71. The Morgan fingerprint density at radius 3 is 2.89 bits per heavy atom. The molecule has 0 saturated carbocycles. The van der Waals surface area contributed by atoms with Crippen molar-refractivity contribution in [1.82, 2.24) is 4.98 Å². The molecular weight excluding hydrogens is 228 g/mol. The van der Waals surface area contributed by atoms with Crippen LogP contribution in [-0.2, 0) is 11.2 Å². The molecule has 0 spiro atoms. The van der Waals surface area contributed by atoms with Gasteiger partial charge in [-0.05, 0) is 31.5 Å². The molecule has 0 unspecified atom stereocenters. The lowest BCUT2D eigenvalue weighted by atomic mass is 10.1. The molecule has 4 nitrogen and oxygen atoms in total. The molecular formula is C14H16N2O2. The molecule has 2 N–H and O–H groups in total. The van der Waals surface area contributed by atoms with E-state index in [9.17, 15) is 4.79 Å². The monoisotopic (exact) mass is 244 g/mol. The van der Waals surface area contributed by atoms with Gasteiger partial charge in [-0.15, -0.1) is 0 Å². The van der Waals surface area contributed by atoms with Gasteiger partial charge >= 0.3 is 0 Å². The number of pyridine rings is 1. The van der Waals surface area contributed by atoms with E-state index in [0.717, 1.165) is 22.2 Å². The highest BCUT2D eigenvalue weighted by Crippen LogP contribution is 2.26. The molecule has 94 valence electrons. The molecule has 0 saturated heterocycles. The smallest absolute Gasteiger partial charge is 0.223 e. The van der Waals surface area contributed by atoms with Crippen molar-refractivity contribution in [3.8, 4) is 5.75 Å². The Balaban J connectivity index is 2.60. The highest BCUT2D eigenvalue weighted by atomic mass is 16.5. The summed E-state index contributed by atoms with van der Waals surface area (Å²) in [5, 5.41) is 1.04. The minimum Gasteiger partial charge on any atom is -0.492 e. The Morgan fingerprint density at radius 2 is 2.22 bits per heavy atom. The molecule has 0 radical (unpaired) electrons. The van der Waals surface area contributed by atoms with Crippen molar-refractivity contribution in [3.05, 3.63) is 35.5 Å². The maximum atomic E-state index is 11.0. The van der Waals surface area contributed by atoms with Gasteiger partial charge in [-0.2, -0.15) is 0 Å². The van der Waals surface area contributed by atoms with E-state index in [0.29, 0.717) is 12.3 Å². The number of aromatic nitrogens is 1. The van der Waals surface area contributed by atoms with Gasteiger partial charge in [0.15, 0.2) is 0 Å². The Morgan fingerprint density at radius 1 is 1.44 bits per heavy atom. The first-order valence-electron chi connectivity index (χ1n) is 5.92. The van der Waals surface area contributed by atoms with Crippen molar-refractivity contribution in [1.29, 1.82) is 0 Å². The van der Waals surface area contributed by atoms with Crippen LogP contribution in [0.25, 0.3) is 10.9 Å². The van der Waals surface area contributed by atoms with Crippen molar-refractivity contribution >= 4 is 16.8 Å². The van der Waals surface area contributed by atoms with Gasteiger partial charge in [0.05, 0.1) is 18.7 Å². The fourth-order valence-electron chi connectivity index (χ4n) is 2.00. The molecule has 2 aromatic rings. The molecule has 1 aromatic heterocycles. The number of hydrogen-bond acceptors (Lipinski definition) is 3. The summed E-state index contributed by atoms with van der Waals surface area (Å²) >= 11 is 0. The summed E-state index contributed by atoms with van der Waals surface area (Å²) < 4.78 is 5.56. The largest absolute Gasteiger partial charge is 0.492 e. The Hall–Kier alpha value is -2.10. The molecule has 0 atom stereocenters. The summed E-state index contributed by atoms with van der Waals surface area (Å²) in [5.41, 5.74) is 7.74. The van der Waals surface area contributed by atoms with Gasteiger partial charge in [0, 0.05) is 5.39 Å². The SMILES string of the molecule is CCOc1cccc2c(C)cc(CC(N)=O)nc12. The lowest BCUT2D eigenvalue weighted by Crippen LogP contribution is -2.14. The van der Waals surface area contributed by atoms with Crippen LogP contribution >= 0.6 is 0 Å². The van der Waals surface area contributed by atoms with Gasteiger partial charge in [0.25, 0.3) is 0 Å². The molecule has 1 heterocycles. The van der Waals surface area contributed by atoms with Crippen LogP contribution in [0.5, 0.6) is 5.75 Å². The van der Waals surface area contributed by atoms with Crippen molar-refractivity contribution in [2.45, 2.75) is 20.3 Å². The second kappa shape index (κ2) is 5.04. The second-order valence-electron chi connectivity index (χ2n) is 4.16. The number of hydrogen-bond donors (Lipinski definition) is 1. The predicted molar refractivity (Wildman–Crippen MR) is 70.5 cm³/mol. The first kappa shape index (κ1) is 12.4. The van der Waals surface area contributed by atoms with E-state index in [1.165, 1.54) is 0 Å². The fraction of sp³-hybridized carbons (Fsp3) is 0.286. The topological polar surface area (TPSA) is 65.2 Å². The van der Waals surface area contributed by atoms with E-state index >= 15 is 0 Å². The van der Waals surface area contributed by atoms with Gasteiger partial charge in [0.2, 0.25) is 5.91 Å². The average molecular weight is 244 g/mol. The zero-order chi connectivity index (χ0) is 13.1. The molecule has 0 aliphatic carbocycles. The Bertz CT molecular complexity index is 594. The molecule has 0 aliphatic heterocycles. The van der Waals surface area contributed by atoms with Crippen LogP contribution in [0.2, 0.25) is 0 Å². The van der Waals surface area contributed by atoms with Crippen molar-refractivity contribution in [2.24, 2.45) is 5.73 Å². The number of carbonyl (C=O) groups excluding carboxylic acids is 1. The number of amides is 1. The molecule has 2 rings (SSSR count). The number of fused-ring (bicyclic) bond motifs is 1. The standard InChI is InChI=1S/C14H16N2O2/c1-3-18-12-6-4-5-11-9(2)7-10(8-13(15)17)16-14(11)12/h4-7H,3,8H2,1-2H3,(H2,15,17). The number of rotatable bonds is 4. The third-order valence-electron chi connectivity index (χ3n) is 2.72. The summed E-state index contributed by atoms with van der Waals surface area (Å²) in [6.07, 6.45) is 0.150. The van der Waals surface area contributed by atoms with Crippen LogP contribution in [0.4, 0.5) is 0 Å². The number of nitrogens with zero attached hydrogens (tertiary/aromatic N) is 1. The fourth-order valence-corrected chi connectivity index (χ4v) is 2.00. The van der Waals surface area contributed by atoms with E-state index in [4.69, 9.17) is 10.5 Å². The summed E-state index contributed by atoms with van der Waals surface area (Å²) in [7, 11) is 0. The predicted octanol–water partition coefficient (Wildman–Crippen LogP) is 1.97. The number of nitrogens with two attached hydrogens (primary N) is 1. The van der Waals surface area contributed by atoms with Gasteiger partial charge in [-0.25, -0.2) is 4.98 Å². The molecule has 18 heavy (non-hydrogen) atoms. The van der Waals surface area contributed by atoms with Crippen LogP contribution in [-0.4, -0.2) is 17.5 Å². The molecule has 4 heteroatoms. The lowest BCUT2D eigenvalue weighted by molar-refractivity contribution is -0.117. The first-order chi connectivity index (χ1) is 8.61.